The first-order valence-corrected chi connectivity index (χ1v) is 7.84. The summed E-state index contributed by atoms with van der Waals surface area (Å²) >= 11 is 5.77. The Morgan fingerprint density at radius 2 is 1.75 bits per heavy atom. The number of nitrogens with one attached hydrogen (secondary N) is 2. The fraction of sp³-hybridized carbons (Fsp3) is 0.222. The molecule has 0 spiro atoms. The van der Waals surface area contributed by atoms with Gasteiger partial charge in [-0.3, -0.25) is 9.59 Å². The van der Waals surface area contributed by atoms with Crippen LogP contribution in [0.3, 0.4) is 0 Å². The quantitative estimate of drug-likeness (QED) is 0.844. The third kappa shape index (κ3) is 5.28. The monoisotopic (exact) mass is 346 g/mol. The van der Waals surface area contributed by atoms with E-state index in [2.05, 4.69) is 10.6 Å². The largest absolute Gasteiger partial charge is 0.484 e. The summed E-state index contributed by atoms with van der Waals surface area (Å²) in [4.78, 5) is 23.6. The Morgan fingerprint density at radius 1 is 1.04 bits per heavy atom. The lowest BCUT2D eigenvalue weighted by Crippen LogP contribution is -2.35. The van der Waals surface area contributed by atoms with Crippen molar-refractivity contribution in [3.8, 4) is 5.75 Å². The third-order valence-electron chi connectivity index (χ3n) is 3.51. The van der Waals surface area contributed by atoms with Gasteiger partial charge in [-0.05, 0) is 55.3 Å². The molecule has 24 heavy (non-hydrogen) atoms. The van der Waals surface area contributed by atoms with Gasteiger partial charge in [0.2, 0.25) is 5.91 Å². The SMILES string of the molecule is Cc1cccc(NC(=O)CNC(=O)COc2ccc(Cl)cc2)c1C. The van der Waals surface area contributed by atoms with Crippen LogP contribution in [-0.2, 0) is 9.59 Å². The Bertz CT molecular complexity index is 730. The highest BCUT2D eigenvalue weighted by Gasteiger charge is 2.08. The standard InChI is InChI=1S/C18H19ClN2O3/c1-12-4-3-5-16(13(12)2)21-17(22)10-20-18(23)11-24-15-8-6-14(19)7-9-15/h3-9H,10-11H2,1-2H3,(H,20,23)(H,21,22). The van der Waals surface area contributed by atoms with Crippen LogP contribution in [0.25, 0.3) is 0 Å². The van der Waals surface area contributed by atoms with E-state index < -0.39 is 0 Å². The van der Waals surface area contributed by atoms with Crippen LogP contribution in [0.2, 0.25) is 5.02 Å². The molecule has 2 N–H and O–H groups in total. The Labute approximate surface area is 146 Å². The molecule has 2 aromatic rings. The van der Waals surface area contributed by atoms with E-state index in [1.54, 1.807) is 24.3 Å². The minimum Gasteiger partial charge on any atom is -0.484 e. The van der Waals surface area contributed by atoms with Crippen molar-refractivity contribution in [1.82, 2.24) is 5.32 Å². The van der Waals surface area contributed by atoms with E-state index in [0.717, 1.165) is 16.8 Å². The summed E-state index contributed by atoms with van der Waals surface area (Å²) in [5.41, 5.74) is 2.84. The Morgan fingerprint density at radius 3 is 2.46 bits per heavy atom. The molecule has 0 aromatic heterocycles. The van der Waals surface area contributed by atoms with Gasteiger partial charge in [0.15, 0.2) is 6.61 Å². The lowest BCUT2D eigenvalue weighted by molar-refractivity contribution is -0.125. The molecule has 2 amide bonds. The van der Waals surface area contributed by atoms with E-state index in [1.807, 2.05) is 32.0 Å². The summed E-state index contributed by atoms with van der Waals surface area (Å²) in [5, 5.41) is 5.89. The number of rotatable bonds is 6. The number of hydrogen-bond acceptors (Lipinski definition) is 3. The highest BCUT2D eigenvalue weighted by Crippen LogP contribution is 2.17. The molecule has 0 radical (unpaired) electrons. The first-order chi connectivity index (χ1) is 11.5. The van der Waals surface area contributed by atoms with Crippen LogP contribution in [0.4, 0.5) is 5.69 Å². The van der Waals surface area contributed by atoms with Crippen LogP contribution in [-0.4, -0.2) is 25.0 Å². The minimum atomic E-state index is -0.374. The molecule has 0 bridgehead atoms. The molecule has 0 saturated heterocycles. The molecule has 0 aliphatic heterocycles. The van der Waals surface area contributed by atoms with E-state index in [-0.39, 0.29) is 25.0 Å². The van der Waals surface area contributed by atoms with Gasteiger partial charge in [-0.15, -0.1) is 0 Å². The van der Waals surface area contributed by atoms with Gasteiger partial charge in [0.25, 0.3) is 5.91 Å². The zero-order chi connectivity index (χ0) is 17.5. The first-order valence-electron chi connectivity index (χ1n) is 7.47. The number of ether oxygens (including phenoxy) is 1. The van der Waals surface area contributed by atoms with Crippen molar-refractivity contribution in [2.24, 2.45) is 0 Å². The minimum absolute atomic E-state index is 0.115. The van der Waals surface area contributed by atoms with Crippen LogP contribution in [0, 0.1) is 13.8 Å². The molecular formula is C18H19ClN2O3. The second-order valence-electron chi connectivity index (χ2n) is 5.31. The summed E-state index contributed by atoms with van der Waals surface area (Å²) in [5.74, 6) is -0.126. The number of anilines is 1. The van der Waals surface area contributed by atoms with Gasteiger partial charge in [0, 0.05) is 10.7 Å². The van der Waals surface area contributed by atoms with Crippen LogP contribution >= 0.6 is 11.6 Å². The normalized spacial score (nSPS) is 10.1. The molecule has 126 valence electrons. The molecule has 0 saturated carbocycles. The Hall–Kier alpha value is -2.53. The van der Waals surface area contributed by atoms with Crippen LogP contribution in [0.1, 0.15) is 11.1 Å². The fourth-order valence-electron chi connectivity index (χ4n) is 1.99. The van der Waals surface area contributed by atoms with Crippen molar-refractivity contribution in [3.05, 3.63) is 58.6 Å². The summed E-state index contributed by atoms with van der Waals surface area (Å²) in [7, 11) is 0. The molecular weight excluding hydrogens is 328 g/mol. The predicted octanol–water partition coefficient (Wildman–Crippen LogP) is 3.09. The van der Waals surface area contributed by atoms with Gasteiger partial charge in [0.05, 0.1) is 6.54 Å². The van der Waals surface area contributed by atoms with Crippen molar-refractivity contribution in [2.45, 2.75) is 13.8 Å². The van der Waals surface area contributed by atoms with Crippen LogP contribution in [0.5, 0.6) is 5.75 Å². The van der Waals surface area contributed by atoms with Gasteiger partial charge >= 0.3 is 0 Å². The van der Waals surface area contributed by atoms with Crippen molar-refractivity contribution < 1.29 is 14.3 Å². The second-order valence-corrected chi connectivity index (χ2v) is 5.75. The van der Waals surface area contributed by atoms with Crippen molar-refractivity contribution in [3.63, 3.8) is 0 Å². The number of aryl methyl sites for hydroxylation is 1. The van der Waals surface area contributed by atoms with E-state index in [9.17, 15) is 9.59 Å². The van der Waals surface area contributed by atoms with Gasteiger partial charge < -0.3 is 15.4 Å². The van der Waals surface area contributed by atoms with Crippen molar-refractivity contribution in [1.29, 1.82) is 0 Å². The summed E-state index contributed by atoms with van der Waals surface area (Å²) < 4.78 is 5.31. The maximum absolute atomic E-state index is 11.9. The molecule has 0 unspecified atom stereocenters. The summed E-state index contributed by atoms with van der Waals surface area (Å²) in [6.45, 7) is 3.62. The molecule has 0 atom stereocenters. The topological polar surface area (TPSA) is 67.4 Å². The summed E-state index contributed by atoms with van der Waals surface area (Å²) in [6, 6.07) is 12.4. The van der Waals surface area contributed by atoms with Gasteiger partial charge in [-0.1, -0.05) is 23.7 Å². The van der Waals surface area contributed by atoms with Crippen molar-refractivity contribution >= 4 is 29.1 Å². The molecule has 0 fully saturated rings. The number of hydrogen-bond donors (Lipinski definition) is 2. The van der Waals surface area contributed by atoms with Crippen LogP contribution in [0.15, 0.2) is 42.5 Å². The number of halogens is 1. The van der Waals surface area contributed by atoms with E-state index >= 15 is 0 Å². The summed E-state index contributed by atoms with van der Waals surface area (Å²) in [6.07, 6.45) is 0. The predicted molar refractivity (Wildman–Crippen MR) is 94.5 cm³/mol. The molecule has 0 aliphatic rings. The molecule has 0 heterocycles. The van der Waals surface area contributed by atoms with Crippen LogP contribution < -0.4 is 15.4 Å². The molecule has 5 nitrogen and oxygen atoms in total. The van der Waals surface area contributed by atoms with Crippen molar-refractivity contribution in [2.75, 3.05) is 18.5 Å². The highest BCUT2D eigenvalue weighted by atomic mass is 35.5. The average molecular weight is 347 g/mol. The fourth-order valence-corrected chi connectivity index (χ4v) is 2.12. The van der Waals surface area contributed by atoms with Gasteiger partial charge in [0.1, 0.15) is 5.75 Å². The maximum Gasteiger partial charge on any atom is 0.258 e. The average Bonchev–Trinajstić information content (AvgIpc) is 2.56. The lowest BCUT2D eigenvalue weighted by Gasteiger charge is -2.11. The third-order valence-corrected chi connectivity index (χ3v) is 3.76. The number of benzene rings is 2. The number of carbonyl (C=O) groups is 2. The first kappa shape index (κ1) is 17.8. The van der Waals surface area contributed by atoms with E-state index in [4.69, 9.17) is 16.3 Å². The van der Waals surface area contributed by atoms with E-state index in [0.29, 0.717) is 10.8 Å². The molecule has 6 heteroatoms. The molecule has 2 aromatic carbocycles. The second kappa shape index (κ2) is 8.36. The van der Waals surface area contributed by atoms with E-state index in [1.165, 1.54) is 0 Å². The number of amides is 2. The zero-order valence-corrected chi connectivity index (χ0v) is 14.3. The zero-order valence-electron chi connectivity index (χ0n) is 13.6. The molecule has 0 aliphatic carbocycles. The maximum atomic E-state index is 11.9. The van der Waals surface area contributed by atoms with Gasteiger partial charge in [-0.2, -0.15) is 0 Å². The Balaban J connectivity index is 1.75. The Kier molecular flexibility index (Phi) is 6.21. The highest BCUT2D eigenvalue weighted by molar-refractivity contribution is 6.30. The lowest BCUT2D eigenvalue weighted by atomic mass is 10.1. The number of carbonyl (C=O) groups excluding carboxylic acids is 2. The molecule has 2 rings (SSSR count). The van der Waals surface area contributed by atoms with Gasteiger partial charge in [-0.25, -0.2) is 0 Å². The smallest absolute Gasteiger partial charge is 0.258 e.